The third-order valence-corrected chi connectivity index (χ3v) is 4.74. The Morgan fingerprint density at radius 2 is 1.86 bits per heavy atom. The maximum atomic E-state index is 13.5. The monoisotopic (exact) mass is 372 g/mol. The van der Waals surface area contributed by atoms with Crippen LogP contribution in [-0.4, -0.2) is 15.3 Å². The molecule has 0 fully saturated rings. The number of allylic oxidation sites excluding steroid dienone is 3. The summed E-state index contributed by atoms with van der Waals surface area (Å²) in [7, 11) is 0. The van der Waals surface area contributed by atoms with Gasteiger partial charge in [0.1, 0.15) is 5.82 Å². The lowest BCUT2D eigenvalue weighted by atomic mass is 9.99. The number of nitrogens with zero attached hydrogens (tertiary/aromatic N) is 2. The molecule has 142 valence electrons. The van der Waals surface area contributed by atoms with Gasteiger partial charge in [0.05, 0.1) is 16.6 Å². The molecule has 4 heteroatoms. The molecule has 0 aliphatic carbocycles. The number of benzene rings is 2. The number of rotatable bonds is 6. The van der Waals surface area contributed by atoms with E-state index in [4.69, 9.17) is 4.98 Å². The van der Waals surface area contributed by atoms with Gasteiger partial charge in [0.25, 0.3) is 5.56 Å². The van der Waals surface area contributed by atoms with Crippen LogP contribution in [0.25, 0.3) is 16.6 Å². The maximum Gasteiger partial charge on any atom is 0.266 e. The minimum absolute atomic E-state index is 0.0661. The van der Waals surface area contributed by atoms with Crippen molar-refractivity contribution in [1.82, 2.24) is 9.55 Å². The normalized spacial score (nSPS) is 11.8. The van der Waals surface area contributed by atoms with Crippen LogP contribution in [0.1, 0.15) is 38.1 Å². The van der Waals surface area contributed by atoms with Crippen molar-refractivity contribution in [3.05, 3.63) is 94.6 Å². The summed E-state index contributed by atoms with van der Waals surface area (Å²) in [6.07, 6.45) is 3.42. The number of carbonyl (C=O) groups is 1. The van der Waals surface area contributed by atoms with Gasteiger partial charge < -0.3 is 0 Å². The van der Waals surface area contributed by atoms with Crippen molar-refractivity contribution < 1.29 is 4.79 Å². The molecule has 28 heavy (non-hydrogen) atoms. The van der Waals surface area contributed by atoms with E-state index >= 15 is 0 Å². The van der Waals surface area contributed by atoms with Crippen molar-refractivity contribution in [1.29, 1.82) is 0 Å². The molecule has 3 rings (SSSR count). The lowest BCUT2D eigenvalue weighted by molar-refractivity contribution is -0.114. The number of ketones is 1. The number of fused-ring (bicyclic) bond motifs is 1. The van der Waals surface area contributed by atoms with E-state index < -0.39 is 0 Å². The Kier molecular flexibility index (Phi) is 5.69. The quantitative estimate of drug-likeness (QED) is 0.463. The highest BCUT2D eigenvalue weighted by Crippen LogP contribution is 2.22. The standard InChI is InChI=1S/C24H24N2O2/c1-5-17(6-2)21(27)15-18-11-10-14-20-22(18)24(28)26(23(25-20)16(3)4)19-12-8-7-9-13-19/h5-14,16H,1,15H2,2-4H3/b17-6+. The van der Waals surface area contributed by atoms with Gasteiger partial charge in [-0.2, -0.15) is 0 Å². The van der Waals surface area contributed by atoms with Crippen molar-refractivity contribution in [2.75, 3.05) is 0 Å². The highest BCUT2D eigenvalue weighted by atomic mass is 16.1. The molecule has 3 aromatic rings. The van der Waals surface area contributed by atoms with Crippen LogP contribution in [0.2, 0.25) is 0 Å². The van der Waals surface area contributed by atoms with E-state index in [2.05, 4.69) is 6.58 Å². The minimum atomic E-state index is -0.149. The van der Waals surface area contributed by atoms with Gasteiger partial charge in [-0.3, -0.25) is 14.2 Å². The first-order valence-electron chi connectivity index (χ1n) is 9.39. The van der Waals surface area contributed by atoms with Gasteiger partial charge in [0, 0.05) is 17.9 Å². The van der Waals surface area contributed by atoms with Gasteiger partial charge in [-0.05, 0) is 30.7 Å². The molecule has 0 saturated carbocycles. The molecular formula is C24H24N2O2. The molecule has 0 radical (unpaired) electrons. The van der Waals surface area contributed by atoms with Crippen LogP contribution in [0.15, 0.2) is 77.6 Å². The van der Waals surface area contributed by atoms with Crippen LogP contribution in [0.3, 0.4) is 0 Å². The topological polar surface area (TPSA) is 52.0 Å². The highest BCUT2D eigenvalue weighted by Gasteiger charge is 2.18. The molecular weight excluding hydrogens is 348 g/mol. The molecule has 0 unspecified atom stereocenters. The number of hydrogen-bond donors (Lipinski definition) is 0. The lowest BCUT2D eigenvalue weighted by Gasteiger charge is -2.17. The van der Waals surface area contributed by atoms with Crippen molar-refractivity contribution in [2.45, 2.75) is 33.1 Å². The van der Waals surface area contributed by atoms with Crippen LogP contribution in [0, 0.1) is 0 Å². The van der Waals surface area contributed by atoms with Gasteiger partial charge >= 0.3 is 0 Å². The summed E-state index contributed by atoms with van der Waals surface area (Å²) >= 11 is 0. The van der Waals surface area contributed by atoms with Crippen LogP contribution >= 0.6 is 0 Å². The first-order valence-corrected chi connectivity index (χ1v) is 9.39. The predicted molar refractivity (Wildman–Crippen MR) is 114 cm³/mol. The summed E-state index contributed by atoms with van der Waals surface area (Å²) < 4.78 is 1.66. The average molecular weight is 372 g/mol. The zero-order valence-corrected chi connectivity index (χ0v) is 16.5. The van der Waals surface area contributed by atoms with Crippen molar-refractivity contribution in [2.24, 2.45) is 0 Å². The molecule has 2 aromatic carbocycles. The molecule has 0 saturated heterocycles. The Bertz CT molecular complexity index is 1120. The average Bonchev–Trinajstić information content (AvgIpc) is 2.69. The largest absolute Gasteiger partial charge is 0.294 e. The molecule has 1 aromatic heterocycles. The zero-order chi connectivity index (χ0) is 20.3. The van der Waals surface area contributed by atoms with Crippen molar-refractivity contribution >= 4 is 16.7 Å². The van der Waals surface area contributed by atoms with Gasteiger partial charge in [-0.15, -0.1) is 0 Å². The van der Waals surface area contributed by atoms with E-state index in [-0.39, 0.29) is 23.7 Å². The number of hydrogen-bond acceptors (Lipinski definition) is 3. The Hall–Kier alpha value is -3.27. The number of aromatic nitrogens is 2. The Morgan fingerprint density at radius 3 is 2.46 bits per heavy atom. The van der Waals surface area contributed by atoms with E-state index in [9.17, 15) is 9.59 Å². The van der Waals surface area contributed by atoms with Crippen molar-refractivity contribution in [3.8, 4) is 5.69 Å². The molecule has 1 heterocycles. The third kappa shape index (κ3) is 3.58. The van der Waals surface area contributed by atoms with E-state index in [0.29, 0.717) is 27.9 Å². The van der Waals surface area contributed by atoms with Gasteiger partial charge in [-0.25, -0.2) is 4.98 Å². The SMILES string of the molecule is C=C/C(=C\C)C(=O)Cc1cccc2nc(C(C)C)n(-c3ccccc3)c(=O)c12. The molecule has 4 nitrogen and oxygen atoms in total. The fourth-order valence-electron chi connectivity index (χ4n) is 3.34. The molecule has 0 N–H and O–H groups in total. The zero-order valence-electron chi connectivity index (χ0n) is 16.5. The molecule has 0 aliphatic heterocycles. The van der Waals surface area contributed by atoms with Crippen LogP contribution in [-0.2, 0) is 11.2 Å². The molecule has 0 bridgehead atoms. The lowest BCUT2D eigenvalue weighted by Crippen LogP contribution is -2.26. The van der Waals surface area contributed by atoms with Crippen LogP contribution in [0.4, 0.5) is 0 Å². The summed E-state index contributed by atoms with van der Waals surface area (Å²) in [5, 5.41) is 0.489. The van der Waals surface area contributed by atoms with E-state index in [1.54, 1.807) is 23.6 Å². The summed E-state index contributed by atoms with van der Waals surface area (Å²) in [4.78, 5) is 30.9. The third-order valence-electron chi connectivity index (χ3n) is 4.74. The number of Topliss-reactive ketones (excluding diaryl/α,β-unsaturated/α-hetero) is 1. The van der Waals surface area contributed by atoms with E-state index in [1.807, 2.05) is 62.4 Å². The second kappa shape index (κ2) is 8.17. The van der Waals surface area contributed by atoms with Gasteiger partial charge in [0.2, 0.25) is 0 Å². The summed E-state index contributed by atoms with van der Waals surface area (Å²) in [5.41, 5.74) is 2.47. The fourth-order valence-corrected chi connectivity index (χ4v) is 3.34. The van der Waals surface area contributed by atoms with E-state index in [0.717, 1.165) is 5.69 Å². The first-order chi connectivity index (χ1) is 13.5. The Morgan fingerprint density at radius 1 is 1.14 bits per heavy atom. The number of carbonyl (C=O) groups excluding carboxylic acids is 1. The smallest absolute Gasteiger partial charge is 0.266 e. The second-order valence-corrected chi connectivity index (χ2v) is 6.96. The molecule has 0 atom stereocenters. The maximum absolute atomic E-state index is 13.5. The number of para-hydroxylation sites is 1. The van der Waals surface area contributed by atoms with E-state index in [1.165, 1.54) is 0 Å². The summed E-state index contributed by atoms with van der Waals surface area (Å²) in [5.74, 6) is 0.703. The Labute approximate surface area is 164 Å². The predicted octanol–water partition coefficient (Wildman–Crippen LogP) is 4.75. The van der Waals surface area contributed by atoms with Crippen LogP contribution in [0.5, 0.6) is 0 Å². The fraction of sp³-hybridized carbons (Fsp3) is 0.208. The van der Waals surface area contributed by atoms with Crippen LogP contribution < -0.4 is 5.56 Å². The summed E-state index contributed by atoms with van der Waals surface area (Å²) in [6.45, 7) is 9.53. The summed E-state index contributed by atoms with van der Waals surface area (Å²) in [6, 6.07) is 15.0. The molecule has 0 amide bonds. The van der Waals surface area contributed by atoms with Crippen molar-refractivity contribution in [3.63, 3.8) is 0 Å². The van der Waals surface area contributed by atoms with Gasteiger partial charge in [0.15, 0.2) is 5.78 Å². The molecule has 0 spiro atoms. The first kappa shape index (κ1) is 19.5. The molecule has 0 aliphatic rings. The highest BCUT2D eigenvalue weighted by molar-refractivity contribution is 6.01. The second-order valence-electron chi connectivity index (χ2n) is 6.96. The minimum Gasteiger partial charge on any atom is -0.294 e. The Balaban J connectivity index is 2.28. The van der Waals surface area contributed by atoms with Gasteiger partial charge in [-0.1, -0.05) is 62.9 Å².